The van der Waals surface area contributed by atoms with Crippen molar-refractivity contribution in [2.45, 2.75) is 0 Å². The molecule has 296 valence electrons. The normalized spacial score (nSPS) is 11.8. The van der Waals surface area contributed by atoms with Gasteiger partial charge in [0.05, 0.1) is 0 Å². The molecule has 1 aliphatic carbocycles. The van der Waals surface area contributed by atoms with Gasteiger partial charge in [0.25, 0.3) is 0 Å². The third-order valence-electron chi connectivity index (χ3n) is 13.0. The first kappa shape index (κ1) is 36.2. The molecule has 0 fully saturated rings. The Bertz CT molecular complexity index is 3800. The Morgan fingerprint density at radius 3 is 1.53 bits per heavy atom. The van der Waals surface area contributed by atoms with Gasteiger partial charge in [-0.3, -0.25) is 0 Å². The van der Waals surface area contributed by atoms with E-state index in [1.165, 1.54) is 76.8 Å². The van der Waals surface area contributed by atoms with E-state index in [0.717, 1.165) is 38.6 Å². The van der Waals surface area contributed by atoms with Crippen molar-refractivity contribution in [1.29, 1.82) is 0 Å². The zero-order chi connectivity index (χ0) is 42.1. The lowest BCUT2D eigenvalue weighted by atomic mass is 9.91. The molecule has 0 N–H and O–H groups in total. The standard InChI is InChI=1S/C61H37N3/c1-2-14-40(15-3-1)59-62-60(64-61(63-59)57-36-43-17-5-6-20-46(43)49-22-8-11-25-52(49)57)44-19-12-18-42(34-44)56-37-45(35-41-16-4-7-21-47(41)56)38-28-30-39(31-29-38)48-32-33-55-51-24-10-9-23-50(51)54-27-13-26-53(48)58(54)55/h1-37H. The lowest BCUT2D eigenvalue weighted by molar-refractivity contribution is 1.08. The number of nitrogens with zero attached hydrogens (tertiary/aromatic N) is 3. The van der Waals surface area contributed by atoms with Crippen molar-refractivity contribution in [3.8, 4) is 89.8 Å². The number of fused-ring (bicyclic) bond motifs is 7. The van der Waals surface area contributed by atoms with Crippen molar-refractivity contribution < 1.29 is 0 Å². The van der Waals surface area contributed by atoms with Crippen LogP contribution in [0.4, 0.5) is 0 Å². The third kappa shape index (κ3) is 5.86. The number of rotatable bonds is 6. The van der Waals surface area contributed by atoms with E-state index >= 15 is 0 Å². The number of benzene rings is 11. The number of hydrogen-bond acceptors (Lipinski definition) is 3. The smallest absolute Gasteiger partial charge is 0.164 e. The van der Waals surface area contributed by atoms with Crippen LogP contribution in [0.25, 0.3) is 133 Å². The van der Waals surface area contributed by atoms with Crippen molar-refractivity contribution >= 4 is 43.1 Å². The number of hydrogen-bond donors (Lipinski definition) is 0. The summed E-state index contributed by atoms with van der Waals surface area (Å²) in [5.74, 6) is 1.92. The van der Waals surface area contributed by atoms with Gasteiger partial charge in [0.15, 0.2) is 17.5 Å². The van der Waals surface area contributed by atoms with Gasteiger partial charge in [-0.25, -0.2) is 15.0 Å². The molecule has 0 spiro atoms. The zero-order valence-electron chi connectivity index (χ0n) is 34.7. The van der Waals surface area contributed by atoms with Gasteiger partial charge in [0, 0.05) is 16.7 Å². The summed E-state index contributed by atoms with van der Waals surface area (Å²) in [5, 5.41) is 9.66. The second-order valence-electron chi connectivity index (χ2n) is 16.7. The molecule has 64 heavy (non-hydrogen) atoms. The van der Waals surface area contributed by atoms with Gasteiger partial charge in [0.2, 0.25) is 0 Å². The topological polar surface area (TPSA) is 38.7 Å². The van der Waals surface area contributed by atoms with Crippen LogP contribution >= 0.6 is 0 Å². The average Bonchev–Trinajstić information content (AvgIpc) is 3.70. The van der Waals surface area contributed by atoms with Gasteiger partial charge in [-0.2, -0.15) is 0 Å². The van der Waals surface area contributed by atoms with E-state index in [2.05, 4.69) is 206 Å². The summed E-state index contributed by atoms with van der Waals surface area (Å²) in [7, 11) is 0. The summed E-state index contributed by atoms with van der Waals surface area (Å²) in [6, 6.07) is 80.7. The summed E-state index contributed by atoms with van der Waals surface area (Å²) in [4.78, 5) is 15.6. The molecule has 0 saturated carbocycles. The molecule has 11 aromatic carbocycles. The third-order valence-corrected chi connectivity index (χ3v) is 13.0. The van der Waals surface area contributed by atoms with Crippen LogP contribution in [0.15, 0.2) is 224 Å². The van der Waals surface area contributed by atoms with Gasteiger partial charge in [-0.05, 0) is 123 Å². The fourth-order valence-corrected chi connectivity index (χ4v) is 10.0. The Hall–Kier alpha value is -8.53. The van der Waals surface area contributed by atoms with E-state index in [1.54, 1.807) is 0 Å². The maximum Gasteiger partial charge on any atom is 0.164 e. The van der Waals surface area contributed by atoms with Crippen molar-refractivity contribution in [2.75, 3.05) is 0 Å². The fraction of sp³-hybridized carbons (Fsp3) is 0. The average molecular weight is 812 g/mol. The van der Waals surface area contributed by atoms with Gasteiger partial charge in [-0.15, -0.1) is 0 Å². The molecular formula is C61H37N3. The molecule has 3 nitrogen and oxygen atoms in total. The van der Waals surface area contributed by atoms with Crippen LogP contribution in [0, 0.1) is 0 Å². The molecule has 0 bridgehead atoms. The highest BCUT2D eigenvalue weighted by Crippen LogP contribution is 2.49. The first-order chi connectivity index (χ1) is 31.7. The summed E-state index contributed by atoms with van der Waals surface area (Å²) in [5.41, 5.74) is 15.2. The van der Waals surface area contributed by atoms with Crippen LogP contribution in [0.1, 0.15) is 0 Å². The van der Waals surface area contributed by atoms with E-state index in [1.807, 2.05) is 18.2 Å². The molecule has 0 unspecified atom stereocenters. The monoisotopic (exact) mass is 811 g/mol. The van der Waals surface area contributed by atoms with Crippen molar-refractivity contribution in [3.63, 3.8) is 0 Å². The van der Waals surface area contributed by atoms with Crippen LogP contribution in [-0.2, 0) is 0 Å². The van der Waals surface area contributed by atoms with Gasteiger partial charge in [0.1, 0.15) is 0 Å². The van der Waals surface area contributed by atoms with E-state index in [0.29, 0.717) is 17.5 Å². The van der Waals surface area contributed by atoms with Gasteiger partial charge in [-0.1, -0.05) is 200 Å². The summed E-state index contributed by atoms with van der Waals surface area (Å²) in [6.07, 6.45) is 0. The molecular weight excluding hydrogens is 775 g/mol. The molecule has 12 aromatic rings. The largest absolute Gasteiger partial charge is 0.208 e. The predicted molar refractivity (Wildman–Crippen MR) is 267 cm³/mol. The summed E-state index contributed by atoms with van der Waals surface area (Å²) >= 11 is 0. The Morgan fingerprint density at radius 2 is 0.734 bits per heavy atom. The molecule has 3 heteroatoms. The Morgan fingerprint density at radius 1 is 0.203 bits per heavy atom. The molecule has 0 amide bonds. The summed E-state index contributed by atoms with van der Waals surface area (Å²) < 4.78 is 0. The van der Waals surface area contributed by atoms with E-state index in [-0.39, 0.29) is 0 Å². The van der Waals surface area contributed by atoms with E-state index < -0.39 is 0 Å². The molecule has 13 rings (SSSR count). The number of aromatic nitrogens is 3. The maximum atomic E-state index is 5.27. The fourth-order valence-electron chi connectivity index (χ4n) is 10.0. The van der Waals surface area contributed by atoms with Crippen LogP contribution in [0.3, 0.4) is 0 Å². The van der Waals surface area contributed by atoms with Crippen molar-refractivity contribution in [3.05, 3.63) is 224 Å². The lowest BCUT2D eigenvalue weighted by Crippen LogP contribution is -2.01. The Labute approximate surface area is 370 Å². The molecule has 1 aliphatic rings. The second kappa shape index (κ2) is 14.5. The molecule has 0 radical (unpaired) electrons. The Balaban J connectivity index is 0.918. The molecule has 0 saturated heterocycles. The quantitative estimate of drug-likeness (QED) is 0.157. The molecule has 0 atom stereocenters. The van der Waals surface area contributed by atoms with Crippen LogP contribution in [0.5, 0.6) is 0 Å². The first-order valence-electron chi connectivity index (χ1n) is 21.8. The second-order valence-corrected chi connectivity index (χ2v) is 16.7. The maximum absolute atomic E-state index is 5.27. The minimum atomic E-state index is 0.630. The van der Waals surface area contributed by atoms with Crippen molar-refractivity contribution in [1.82, 2.24) is 15.0 Å². The summed E-state index contributed by atoms with van der Waals surface area (Å²) in [6.45, 7) is 0. The van der Waals surface area contributed by atoms with Crippen LogP contribution in [0.2, 0.25) is 0 Å². The molecule has 1 aromatic heterocycles. The minimum Gasteiger partial charge on any atom is -0.208 e. The molecule has 0 aliphatic heterocycles. The Kier molecular flexibility index (Phi) is 8.22. The van der Waals surface area contributed by atoms with Gasteiger partial charge >= 0.3 is 0 Å². The van der Waals surface area contributed by atoms with E-state index in [4.69, 9.17) is 15.0 Å². The molecule has 1 heterocycles. The van der Waals surface area contributed by atoms with Crippen molar-refractivity contribution in [2.24, 2.45) is 0 Å². The van der Waals surface area contributed by atoms with Crippen LogP contribution in [-0.4, -0.2) is 15.0 Å². The van der Waals surface area contributed by atoms with Gasteiger partial charge < -0.3 is 0 Å². The van der Waals surface area contributed by atoms with E-state index in [9.17, 15) is 0 Å². The highest BCUT2D eigenvalue weighted by molar-refractivity contribution is 6.19. The predicted octanol–water partition coefficient (Wildman–Crippen LogP) is 16.1. The first-order valence-corrected chi connectivity index (χ1v) is 21.8. The highest BCUT2D eigenvalue weighted by atomic mass is 15.0. The van der Waals surface area contributed by atoms with Crippen LogP contribution < -0.4 is 0 Å². The SMILES string of the molecule is c1ccc(-c2nc(-c3cccc(-c4cc(-c5ccc(-c6ccc7c8c(cccc68)-c6ccccc6-7)cc5)cc5ccccc45)c3)nc(-c3cc4ccccc4c4ccccc34)n2)cc1. The minimum absolute atomic E-state index is 0.630. The lowest BCUT2D eigenvalue weighted by Gasteiger charge is -2.14. The highest BCUT2D eigenvalue weighted by Gasteiger charge is 2.23. The zero-order valence-corrected chi connectivity index (χ0v) is 34.7.